The van der Waals surface area contributed by atoms with Crippen molar-refractivity contribution in [3.63, 3.8) is 0 Å². The fourth-order valence-corrected chi connectivity index (χ4v) is 4.69. The van der Waals surface area contributed by atoms with Gasteiger partial charge in [-0.3, -0.25) is 4.79 Å². The number of amides is 1. The predicted octanol–water partition coefficient (Wildman–Crippen LogP) is 3.48. The number of carbonyl (C=O) groups is 1. The van der Waals surface area contributed by atoms with Crippen molar-refractivity contribution in [1.82, 2.24) is 4.31 Å². The molecule has 0 aliphatic carbocycles. The number of sulfonamides is 1. The summed E-state index contributed by atoms with van der Waals surface area (Å²) in [4.78, 5) is 12.4. The Hall–Kier alpha value is -2.09. The Kier molecular flexibility index (Phi) is 6.04. The lowest BCUT2D eigenvalue weighted by Gasteiger charge is -2.16. The van der Waals surface area contributed by atoms with Gasteiger partial charge in [0.15, 0.2) is 0 Å². The standard InChI is InChI=1S/C19H22ClN3O3S/c1-14-7-8-15(20)11-18(14)22-19(24)13-21-16-5-4-6-17(12-16)27(25,26)23-9-2-3-10-23/h4-8,11-12,21H,2-3,9-10,13H2,1H3,(H,22,24). The van der Waals surface area contributed by atoms with Crippen LogP contribution in [0, 0.1) is 6.92 Å². The van der Waals surface area contributed by atoms with Crippen molar-refractivity contribution in [1.29, 1.82) is 0 Å². The highest BCUT2D eigenvalue weighted by Gasteiger charge is 2.27. The van der Waals surface area contributed by atoms with Crippen molar-refractivity contribution in [2.75, 3.05) is 30.3 Å². The van der Waals surface area contributed by atoms with Gasteiger partial charge in [0.25, 0.3) is 0 Å². The van der Waals surface area contributed by atoms with E-state index in [1.165, 1.54) is 4.31 Å². The molecule has 0 spiro atoms. The highest BCUT2D eigenvalue weighted by atomic mass is 35.5. The van der Waals surface area contributed by atoms with Gasteiger partial charge in [-0.15, -0.1) is 0 Å². The first-order valence-electron chi connectivity index (χ1n) is 8.76. The number of nitrogens with zero attached hydrogens (tertiary/aromatic N) is 1. The maximum absolute atomic E-state index is 12.6. The number of rotatable bonds is 6. The average Bonchev–Trinajstić information content (AvgIpc) is 3.19. The van der Waals surface area contributed by atoms with Crippen LogP contribution in [0.15, 0.2) is 47.4 Å². The highest BCUT2D eigenvalue weighted by molar-refractivity contribution is 7.89. The summed E-state index contributed by atoms with van der Waals surface area (Å²) in [5.74, 6) is -0.242. The number of benzene rings is 2. The Balaban J connectivity index is 1.64. The van der Waals surface area contributed by atoms with Gasteiger partial charge in [0, 0.05) is 29.5 Å². The Morgan fingerprint density at radius 3 is 2.63 bits per heavy atom. The zero-order valence-electron chi connectivity index (χ0n) is 15.0. The van der Waals surface area contributed by atoms with Crippen LogP contribution in [0.25, 0.3) is 0 Å². The molecule has 0 bridgehead atoms. The largest absolute Gasteiger partial charge is 0.376 e. The van der Waals surface area contributed by atoms with Crippen molar-refractivity contribution in [3.8, 4) is 0 Å². The van der Waals surface area contributed by atoms with E-state index in [2.05, 4.69) is 10.6 Å². The van der Waals surface area contributed by atoms with Crippen LogP contribution in [0.2, 0.25) is 5.02 Å². The Morgan fingerprint density at radius 2 is 1.89 bits per heavy atom. The van der Waals surface area contributed by atoms with Crippen molar-refractivity contribution < 1.29 is 13.2 Å². The second-order valence-corrected chi connectivity index (χ2v) is 8.87. The minimum Gasteiger partial charge on any atom is -0.376 e. The molecule has 1 fully saturated rings. The summed E-state index contributed by atoms with van der Waals surface area (Å²) in [6.45, 7) is 3.01. The van der Waals surface area contributed by atoms with E-state index in [1.54, 1.807) is 36.4 Å². The monoisotopic (exact) mass is 407 g/mol. The van der Waals surface area contributed by atoms with Crippen LogP contribution in [0.5, 0.6) is 0 Å². The molecular formula is C19H22ClN3O3S. The van der Waals surface area contributed by atoms with E-state index in [0.717, 1.165) is 18.4 Å². The van der Waals surface area contributed by atoms with Crippen molar-refractivity contribution in [2.45, 2.75) is 24.7 Å². The van der Waals surface area contributed by atoms with E-state index in [1.807, 2.05) is 13.0 Å². The number of halogens is 1. The molecule has 1 aliphatic rings. The van der Waals surface area contributed by atoms with Gasteiger partial charge in [-0.1, -0.05) is 23.7 Å². The van der Waals surface area contributed by atoms with Crippen LogP contribution in [0.1, 0.15) is 18.4 Å². The van der Waals surface area contributed by atoms with Gasteiger partial charge in [0.05, 0.1) is 11.4 Å². The second kappa shape index (κ2) is 8.29. The number of aryl methyl sites for hydroxylation is 1. The van der Waals surface area contributed by atoms with Crippen LogP contribution in [-0.4, -0.2) is 38.3 Å². The molecule has 6 nitrogen and oxygen atoms in total. The molecule has 2 aromatic carbocycles. The zero-order valence-corrected chi connectivity index (χ0v) is 16.6. The molecule has 2 N–H and O–H groups in total. The van der Waals surface area contributed by atoms with Crippen LogP contribution >= 0.6 is 11.6 Å². The van der Waals surface area contributed by atoms with Gasteiger partial charge in [-0.25, -0.2) is 8.42 Å². The number of anilines is 2. The Bertz CT molecular complexity index is 941. The summed E-state index contributed by atoms with van der Waals surface area (Å²) in [5.41, 5.74) is 2.14. The molecule has 144 valence electrons. The second-order valence-electron chi connectivity index (χ2n) is 6.50. The number of nitrogens with one attached hydrogen (secondary N) is 2. The molecule has 0 atom stereocenters. The SMILES string of the molecule is Cc1ccc(Cl)cc1NC(=O)CNc1cccc(S(=O)(=O)N2CCCC2)c1. The molecule has 2 aromatic rings. The third-order valence-corrected chi connectivity index (χ3v) is 6.59. The van der Waals surface area contributed by atoms with Crippen LogP contribution in [0.3, 0.4) is 0 Å². The van der Waals surface area contributed by atoms with E-state index in [4.69, 9.17) is 11.6 Å². The molecular weight excluding hydrogens is 386 g/mol. The number of hydrogen-bond donors (Lipinski definition) is 2. The summed E-state index contributed by atoms with van der Waals surface area (Å²) in [6, 6.07) is 11.8. The van der Waals surface area contributed by atoms with Gasteiger partial charge in [-0.2, -0.15) is 4.31 Å². The first-order chi connectivity index (χ1) is 12.9. The summed E-state index contributed by atoms with van der Waals surface area (Å²) in [5, 5.41) is 6.32. The molecule has 0 radical (unpaired) electrons. The zero-order chi connectivity index (χ0) is 19.4. The first-order valence-corrected chi connectivity index (χ1v) is 10.6. The maximum atomic E-state index is 12.6. The summed E-state index contributed by atoms with van der Waals surface area (Å²) in [7, 11) is -3.48. The fourth-order valence-electron chi connectivity index (χ4n) is 2.95. The quantitative estimate of drug-likeness (QED) is 0.768. The van der Waals surface area contributed by atoms with Crippen molar-refractivity contribution >= 4 is 38.9 Å². The maximum Gasteiger partial charge on any atom is 0.243 e. The molecule has 3 rings (SSSR count). The van der Waals surface area contributed by atoms with E-state index >= 15 is 0 Å². The molecule has 0 unspecified atom stereocenters. The number of carbonyl (C=O) groups excluding carboxylic acids is 1. The summed E-state index contributed by atoms with van der Waals surface area (Å²) >= 11 is 5.96. The number of hydrogen-bond acceptors (Lipinski definition) is 4. The van der Waals surface area contributed by atoms with Crippen LogP contribution < -0.4 is 10.6 Å². The Morgan fingerprint density at radius 1 is 1.15 bits per heavy atom. The van der Waals surface area contributed by atoms with E-state index in [9.17, 15) is 13.2 Å². The molecule has 27 heavy (non-hydrogen) atoms. The van der Waals surface area contributed by atoms with E-state index in [-0.39, 0.29) is 17.3 Å². The van der Waals surface area contributed by atoms with Crippen LogP contribution in [-0.2, 0) is 14.8 Å². The topological polar surface area (TPSA) is 78.5 Å². The third-order valence-electron chi connectivity index (χ3n) is 4.46. The average molecular weight is 408 g/mol. The molecule has 1 aliphatic heterocycles. The first kappa shape index (κ1) is 19.7. The van der Waals surface area contributed by atoms with Gasteiger partial charge in [0.1, 0.15) is 0 Å². The fraction of sp³-hybridized carbons (Fsp3) is 0.316. The Labute approximate surface area is 164 Å². The molecule has 1 heterocycles. The van der Waals surface area contributed by atoms with Gasteiger partial charge < -0.3 is 10.6 Å². The van der Waals surface area contributed by atoms with E-state index in [0.29, 0.717) is 29.5 Å². The molecule has 1 saturated heterocycles. The molecule has 8 heteroatoms. The predicted molar refractivity (Wildman–Crippen MR) is 108 cm³/mol. The normalized spacial score (nSPS) is 14.9. The van der Waals surface area contributed by atoms with E-state index < -0.39 is 10.0 Å². The van der Waals surface area contributed by atoms with Crippen molar-refractivity contribution in [3.05, 3.63) is 53.1 Å². The lowest BCUT2D eigenvalue weighted by Crippen LogP contribution is -2.28. The minimum atomic E-state index is -3.48. The minimum absolute atomic E-state index is 0.0131. The van der Waals surface area contributed by atoms with Gasteiger partial charge in [0.2, 0.25) is 15.9 Å². The van der Waals surface area contributed by atoms with Gasteiger partial charge in [-0.05, 0) is 55.7 Å². The van der Waals surface area contributed by atoms with Crippen molar-refractivity contribution in [2.24, 2.45) is 0 Å². The van der Waals surface area contributed by atoms with Gasteiger partial charge >= 0.3 is 0 Å². The summed E-state index contributed by atoms with van der Waals surface area (Å²) < 4.78 is 26.8. The third kappa shape index (κ3) is 4.80. The molecule has 1 amide bonds. The molecule has 0 aromatic heterocycles. The smallest absolute Gasteiger partial charge is 0.243 e. The molecule has 0 saturated carbocycles. The van der Waals surface area contributed by atoms with Crippen LogP contribution in [0.4, 0.5) is 11.4 Å². The highest BCUT2D eigenvalue weighted by Crippen LogP contribution is 2.23. The lowest BCUT2D eigenvalue weighted by atomic mass is 10.2. The lowest BCUT2D eigenvalue weighted by molar-refractivity contribution is -0.114. The summed E-state index contributed by atoms with van der Waals surface area (Å²) in [6.07, 6.45) is 1.78.